The first-order valence-corrected chi connectivity index (χ1v) is 7.20. The van der Waals surface area contributed by atoms with E-state index < -0.39 is 0 Å². The number of ether oxygens (including phenoxy) is 3. The molecule has 2 rings (SSSR count). The predicted molar refractivity (Wildman–Crippen MR) is 88.3 cm³/mol. The van der Waals surface area contributed by atoms with Gasteiger partial charge in [0.05, 0.1) is 21.3 Å². The Hall–Kier alpha value is -2.69. The Morgan fingerprint density at radius 2 is 1.52 bits per heavy atom. The molecule has 0 fully saturated rings. The van der Waals surface area contributed by atoms with Gasteiger partial charge in [-0.05, 0) is 5.56 Å². The molecule has 0 unspecified atom stereocenters. The van der Waals surface area contributed by atoms with Gasteiger partial charge in [-0.2, -0.15) is 0 Å². The highest BCUT2D eigenvalue weighted by atomic mass is 16.5. The van der Waals surface area contributed by atoms with E-state index in [2.05, 4.69) is 0 Å². The molecule has 0 bridgehead atoms. The van der Waals surface area contributed by atoms with Gasteiger partial charge >= 0.3 is 0 Å². The van der Waals surface area contributed by atoms with Crippen LogP contribution in [0.15, 0.2) is 42.5 Å². The lowest BCUT2D eigenvalue weighted by molar-refractivity contribution is 0.0778. The number of rotatable bonds is 6. The van der Waals surface area contributed by atoms with Crippen molar-refractivity contribution < 1.29 is 19.0 Å². The van der Waals surface area contributed by atoms with E-state index in [0.29, 0.717) is 29.4 Å². The minimum Gasteiger partial charge on any atom is -0.496 e. The molecule has 5 nitrogen and oxygen atoms in total. The van der Waals surface area contributed by atoms with Gasteiger partial charge in [0.1, 0.15) is 22.8 Å². The molecule has 0 spiro atoms. The second-order valence-corrected chi connectivity index (χ2v) is 5.05. The molecule has 0 radical (unpaired) electrons. The molecule has 0 aromatic heterocycles. The normalized spacial score (nSPS) is 10.1. The summed E-state index contributed by atoms with van der Waals surface area (Å²) in [6.07, 6.45) is 0. The molecule has 2 aromatic rings. The maximum Gasteiger partial charge on any atom is 0.261 e. The Morgan fingerprint density at radius 1 is 0.957 bits per heavy atom. The molecule has 0 aliphatic carbocycles. The second kappa shape index (κ2) is 7.54. The molecule has 0 saturated heterocycles. The molecule has 0 heterocycles. The fraction of sp³-hybridized carbons (Fsp3) is 0.278. The summed E-state index contributed by atoms with van der Waals surface area (Å²) in [5.74, 6) is 1.24. The van der Waals surface area contributed by atoms with Crippen molar-refractivity contribution in [2.45, 2.75) is 6.54 Å². The highest BCUT2D eigenvalue weighted by Gasteiger charge is 2.23. The molecular weight excluding hydrogens is 294 g/mol. The van der Waals surface area contributed by atoms with Crippen LogP contribution in [-0.2, 0) is 6.54 Å². The molecule has 2 aromatic carbocycles. The van der Waals surface area contributed by atoms with Crippen molar-refractivity contribution in [3.63, 3.8) is 0 Å². The number of carbonyl (C=O) groups excluding carboxylic acids is 1. The van der Waals surface area contributed by atoms with Crippen molar-refractivity contribution in [1.29, 1.82) is 0 Å². The molecule has 122 valence electrons. The summed E-state index contributed by atoms with van der Waals surface area (Å²) in [7, 11) is 6.33. The fourth-order valence-corrected chi connectivity index (χ4v) is 2.34. The SMILES string of the molecule is COc1cc(OC)c(C(=O)N(C)Cc2ccccc2)c(OC)c1. The van der Waals surface area contributed by atoms with Gasteiger partial charge in [0.15, 0.2) is 0 Å². The Balaban J connectivity index is 2.34. The zero-order chi connectivity index (χ0) is 16.8. The van der Waals surface area contributed by atoms with Gasteiger partial charge in [-0.25, -0.2) is 0 Å². The molecule has 5 heteroatoms. The van der Waals surface area contributed by atoms with Crippen LogP contribution in [0.4, 0.5) is 0 Å². The van der Waals surface area contributed by atoms with Crippen LogP contribution in [0.3, 0.4) is 0 Å². The van der Waals surface area contributed by atoms with Crippen LogP contribution < -0.4 is 14.2 Å². The average Bonchev–Trinajstić information content (AvgIpc) is 2.60. The summed E-state index contributed by atoms with van der Waals surface area (Å²) in [6, 6.07) is 13.1. The monoisotopic (exact) mass is 315 g/mol. The first kappa shape index (κ1) is 16.7. The van der Waals surface area contributed by atoms with Crippen LogP contribution in [0.1, 0.15) is 15.9 Å². The topological polar surface area (TPSA) is 48.0 Å². The highest BCUT2D eigenvalue weighted by molar-refractivity contribution is 6.00. The van der Waals surface area contributed by atoms with E-state index in [-0.39, 0.29) is 5.91 Å². The highest BCUT2D eigenvalue weighted by Crippen LogP contribution is 2.34. The van der Waals surface area contributed by atoms with E-state index in [9.17, 15) is 4.79 Å². The third-order valence-corrected chi connectivity index (χ3v) is 3.54. The van der Waals surface area contributed by atoms with Crippen molar-refractivity contribution >= 4 is 5.91 Å². The maximum atomic E-state index is 12.8. The standard InChI is InChI=1S/C18H21NO4/c1-19(12-13-8-6-5-7-9-13)18(20)17-15(22-3)10-14(21-2)11-16(17)23-4/h5-11H,12H2,1-4H3. The van der Waals surface area contributed by atoms with E-state index in [0.717, 1.165) is 5.56 Å². The first-order valence-electron chi connectivity index (χ1n) is 7.20. The Kier molecular flexibility index (Phi) is 5.46. The molecule has 23 heavy (non-hydrogen) atoms. The number of hydrogen-bond donors (Lipinski definition) is 0. The third kappa shape index (κ3) is 3.74. The van der Waals surface area contributed by atoms with E-state index >= 15 is 0 Å². The summed E-state index contributed by atoms with van der Waals surface area (Å²) in [5, 5.41) is 0. The first-order chi connectivity index (χ1) is 11.1. The van der Waals surface area contributed by atoms with Crippen LogP contribution in [0.5, 0.6) is 17.2 Å². The van der Waals surface area contributed by atoms with Crippen LogP contribution in [0.25, 0.3) is 0 Å². The van der Waals surface area contributed by atoms with Crippen LogP contribution in [0.2, 0.25) is 0 Å². The summed E-state index contributed by atoms with van der Waals surface area (Å²) in [4.78, 5) is 14.5. The number of benzene rings is 2. The molecule has 1 amide bonds. The van der Waals surface area contributed by atoms with Crippen LogP contribution in [-0.4, -0.2) is 39.2 Å². The quantitative estimate of drug-likeness (QED) is 0.822. The Morgan fingerprint density at radius 3 is 2.00 bits per heavy atom. The Labute approximate surface area is 136 Å². The molecule has 0 N–H and O–H groups in total. The number of amides is 1. The van der Waals surface area contributed by atoms with Crippen LogP contribution in [0, 0.1) is 0 Å². The minimum absolute atomic E-state index is 0.176. The van der Waals surface area contributed by atoms with E-state index in [1.165, 1.54) is 14.2 Å². The molecular formula is C18H21NO4. The van der Waals surface area contributed by atoms with Crippen LogP contribution >= 0.6 is 0 Å². The summed E-state index contributed by atoms with van der Waals surface area (Å²) in [6.45, 7) is 0.498. The summed E-state index contributed by atoms with van der Waals surface area (Å²) < 4.78 is 15.9. The van der Waals surface area contributed by atoms with Crippen molar-refractivity contribution in [2.24, 2.45) is 0 Å². The number of nitrogens with zero attached hydrogens (tertiary/aromatic N) is 1. The average molecular weight is 315 g/mol. The van der Waals surface area contributed by atoms with Gasteiger partial charge in [0.2, 0.25) is 0 Å². The van der Waals surface area contributed by atoms with Crippen molar-refractivity contribution in [2.75, 3.05) is 28.4 Å². The van der Waals surface area contributed by atoms with Crippen molar-refractivity contribution in [1.82, 2.24) is 4.90 Å². The van der Waals surface area contributed by atoms with Gasteiger partial charge in [0.25, 0.3) is 5.91 Å². The van der Waals surface area contributed by atoms with Gasteiger partial charge in [-0.15, -0.1) is 0 Å². The van der Waals surface area contributed by atoms with Crippen molar-refractivity contribution in [3.8, 4) is 17.2 Å². The van der Waals surface area contributed by atoms with E-state index in [1.54, 1.807) is 31.2 Å². The zero-order valence-corrected chi connectivity index (χ0v) is 13.8. The van der Waals surface area contributed by atoms with Crippen molar-refractivity contribution in [3.05, 3.63) is 53.6 Å². The predicted octanol–water partition coefficient (Wildman–Crippen LogP) is 2.98. The van der Waals surface area contributed by atoms with E-state index in [1.807, 2.05) is 30.3 Å². The summed E-state index contributed by atoms with van der Waals surface area (Å²) in [5.41, 5.74) is 1.43. The van der Waals surface area contributed by atoms with Gasteiger partial charge in [0, 0.05) is 25.7 Å². The molecule has 0 aliphatic rings. The van der Waals surface area contributed by atoms with Gasteiger partial charge < -0.3 is 19.1 Å². The van der Waals surface area contributed by atoms with E-state index in [4.69, 9.17) is 14.2 Å². The number of hydrogen-bond acceptors (Lipinski definition) is 4. The Bertz CT molecular complexity index is 645. The van der Waals surface area contributed by atoms with Gasteiger partial charge in [-0.1, -0.05) is 30.3 Å². The zero-order valence-electron chi connectivity index (χ0n) is 13.8. The third-order valence-electron chi connectivity index (χ3n) is 3.54. The number of carbonyl (C=O) groups is 1. The fourth-order valence-electron chi connectivity index (χ4n) is 2.34. The lowest BCUT2D eigenvalue weighted by Crippen LogP contribution is -2.27. The minimum atomic E-state index is -0.176. The largest absolute Gasteiger partial charge is 0.496 e. The lowest BCUT2D eigenvalue weighted by Gasteiger charge is -2.21. The molecule has 0 aliphatic heterocycles. The maximum absolute atomic E-state index is 12.8. The summed E-state index contributed by atoms with van der Waals surface area (Å²) >= 11 is 0. The lowest BCUT2D eigenvalue weighted by atomic mass is 10.1. The van der Waals surface area contributed by atoms with Gasteiger partial charge in [-0.3, -0.25) is 4.79 Å². The molecule has 0 saturated carbocycles. The number of methoxy groups -OCH3 is 3. The second-order valence-electron chi connectivity index (χ2n) is 5.05. The molecule has 0 atom stereocenters. The smallest absolute Gasteiger partial charge is 0.261 e.